The summed E-state index contributed by atoms with van der Waals surface area (Å²) in [5.41, 5.74) is 2.33. The first kappa shape index (κ1) is 22.2. The molecule has 0 atom stereocenters. The van der Waals surface area contributed by atoms with Gasteiger partial charge in [0, 0.05) is 16.3 Å². The van der Waals surface area contributed by atoms with Gasteiger partial charge >= 0.3 is 0 Å². The molecule has 1 N–H and O–H groups in total. The number of hydrogen-bond acceptors (Lipinski definition) is 3. The molecule has 1 aliphatic carbocycles. The van der Waals surface area contributed by atoms with E-state index in [1.165, 1.54) is 0 Å². The Balaban J connectivity index is 1.73. The summed E-state index contributed by atoms with van der Waals surface area (Å²) in [6.07, 6.45) is 4.54. The number of furan rings is 1. The highest BCUT2D eigenvalue weighted by Crippen LogP contribution is 2.39. The van der Waals surface area contributed by atoms with Crippen molar-refractivity contribution in [1.82, 2.24) is 4.90 Å². The van der Waals surface area contributed by atoms with Crippen LogP contribution in [-0.4, -0.2) is 22.3 Å². The number of rotatable bonds is 6. The molecule has 1 aromatic heterocycles. The lowest BCUT2D eigenvalue weighted by Gasteiger charge is -2.40. The van der Waals surface area contributed by atoms with Crippen LogP contribution in [0, 0.1) is 13.8 Å². The molecule has 0 spiro atoms. The fourth-order valence-corrected chi connectivity index (χ4v) is 4.67. The van der Waals surface area contributed by atoms with Crippen LogP contribution in [0.25, 0.3) is 0 Å². The first-order valence-corrected chi connectivity index (χ1v) is 11.3. The SMILES string of the molecule is Cc1cccc(C)c1NC(=O)C1(N(Cc2ccco2)C(=O)c2ccc(Cl)cc2)CCCC1. The number of nitrogens with one attached hydrogen (secondary N) is 1. The smallest absolute Gasteiger partial charge is 0.255 e. The highest BCUT2D eigenvalue weighted by atomic mass is 35.5. The Kier molecular flexibility index (Phi) is 6.38. The minimum atomic E-state index is -0.960. The molecule has 2 amide bonds. The number of halogens is 1. The molecular formula is C26H27ClN2O3. The topological polar surface area (TPSA) is 62.6 Å². The largest absolute Gasteiger partial charge is 0.467 e. The van der Waals surface area contributed by atoms with Gasteiger partial charge in [0.2, 0.25) is 5.91 Å². The third-order valence-corrected chi connectivity index (χ3v) is 6.57. The van der Waals surface area contributed by atoms with Crippen molar-refractivity contribution in [2.45, 2.75) is 51.6 Å². The third kappa shape index (κ3) is 4.30. The van der Waals surface area contributed by atoms with E-state index in [4.69, 9.17) is 16.0 Å². The standard InChI is InChI=1S/C26H27ClN2O3/c1-18-7-5-8-19(2)23(18)28-25(31)26(14-3-4-15-26)29(17-22-9-6-16-32-22)24(30)20-10-12-21(27)13-11-20/h5-13,16H,3-4,14-15,17H2,1-2H3,(H,28,31). The summed E-state index contributed by atoms with van der Waals surface area (Å²) in [4.78, 5) is 29.3. The molecule has 0 aliphatic heterocycles. The Morgan fingerprint density at radius 3 is 2.25 bits per heavy atom. The van der Waals surface area contributed by atoms with Crippen LogP contribution >= 0.6 is 11.6 Å². The zero-order chi connectivity index (χ0) is 22.7. The molecule has 0 radical (unpaired) electrons. The first-order chi connectivity index (χ1) is 15.4. The van der Waals surface area contributed by atoms with E-state index >= 15 is 0 Å². The van der Waals surface area contributed by atoms with Gasteiger partial charge < -0.3 is 14.6 Å². The maximum atomic E-state index is 13.8. The lowest BCUT2D eigenvalue weighted by molar-refractivity contribution is -0.127. The lowest BCUT2D eigenvalue weighted by atomic mass is 9.91. The number of amides is 2. The number of anilines is 1. The molecule has 3 aromatic rings. The summed E-state index contributed by atoms with van der Waals surface area (Å²) in [6.45, 7) is 4.17. The van der Waals surface area contributed by atoms with Crippen molar-refractivity contribution in [2.24, 2.45) is 0 Å². The van der Waals surface area contributed by atoms with Crippen LogP contribution in [0.5, 0.6) is 0 Å². The van der Waals surface area contributed by atoms with Crippen LogP contribution in [0.15, 0.2) is 65.3 Å². The van der Waals surface area contributed by atoms with E-state index < -0.39 is 5.54 Å². The van der Waals surface area contributed by atoms with Gasteiger partial charge in [-0.25, -0.2) is 0 Å². The van der Waals surface area contributed by atoms with E-state index in [9.17, 15) is 9.59 Å². The second kappa shape index (κ2) is 9.21. The quantitative estimate of drug-likeness (QED) is 0.490. The summed E-state index contributed by atoms with van der Waals surface area (Å²) < 4.78 is 5.56. The molecule has 1 heterocycles. The first-order valence-electron chi connectivity index (χ1n) is 10.9. The normalized spacial score (nSPS) is 14.8. The van der Waals surface area contributed by atoms with Crippen molar-refractivity contribution in [3.8, 4) is 0 Å². The number of aryl methyl sites for hydroxylation is 2. The van der Waals surface area contributed by atoms with Gasteiger partial charge in [-0.3, -0.25) is 9.59 Å². The maximum absolute atomic E-state index is 13.8. The summed E-state index contributed by atoms with van der Waals surface area (Å²) in [7, 11) is 0. The highest BCUT2D eigenvalue weighted by molar-refractivity contribution is 6.30. The van der Waals surface area contributed by atoms with Crippen molar-refractivity contribution in [1.29, 1.82) is 0 Å². The summed E-state index contributed by atoms with van der Waals surface area (Å²) >= 11 is 6.03. The monoisotopic (exact) mass is 450 g/mol. The van der Waals surface area contributed by atoms with E-state index in [0.29, 0.717) is 29.2 Å². The molecule has 1 aliphatic rings. The molecule has 1 fully saturated rings. The molecule has 1 saturated carbocycles. The molecule has 0 bridgehead atoms. The highest BCUT2D eigenvalue weighted by Gasteiger charge is 2.49. The Bertz CT molecular complexity index is 1080. The van der Waals surface area contributed by atoms with Crippen LogP contribution in [-0.2, 0) is 11.3 Å². The average molecular weight is 451 g/mol. The zero-order valence-electron chi connectivity index (χ0n) is 18.4. The molecule has 0 saturated heterocycles. The van der Waals surface area contributed by atoms with Crippen LogP contribution in [0.3, 0.4) is 0 Å². The van der Waals surface area contributed by atoms with Crippen LogP contribution < -0.4 is 5.32 Å². The summed E-state index contributed by atoms with van der Waals surface area (Å²) in [5, 5.41) is 3.71. The average Bonchev–Trinajstić information content (AvgIpc) is 3.47. The maximum Gasteiger partial charge on any atom is 0.255 e. The number of nitrogens with zero attached hydrogens (tertiary/aromatic N) is 1. The minimum absolute atomic E-state index is 0.152. The lowest BCUT2D eigenvalue weighted by Crippen LogP contribution is -2.57. The van der Waals surface area contributed by atoms with Crippen LogP contribution in [0.2, 0.25) is 5.02 Å². The third-order valence-electron chi connectivity index (χ3n) is 6.32. The number of carbonyl (C=O) groups excluding carboxylic acids is 2. The minimum Gasteiger partial charge on any atom is -0.467 e. The predicted molar refractivity (Wildman–Crippen MR) is 126 cm³/mol. The van der Waals surface area contributed by atoms with E-state index in [2.05, 4.69) is 5.32 Å². The Morgan fingerprint density at radius 1 is 1.00 bits per heavy atom. The fraction of sp³-hybridized carbons (Fsp3) is 0.308. The van der Waals surface area contributed by atoms with Crippen molar-refractivity contribution in [2.75, 3.05) is 5.32 Å². The fourth-order valence-electron chi connectivity index (χ4n) is 4.55. The summed E-state index contributed by atoms with van der Waals surface area (Å²) in [5.74, 6) is 0.274. The number of hydrogen-bond donors (Lipinski definition) is 1. The molecule has 6 heteroatoms. The van der Waals surface area contributed by atoms with E-state index in [-0.39, 0.29) is 18.4 Å². The molecule has 32 heavy (non-hydrogen) atoms. The molecule has 4 rings (SSSR count). The van der Waals surface area contributed by atoms with E-state index in [1.54, 1.807) is 41.5 Å². The van der Waals surface area contributed by atoms with Gasteiger partial charge in [-0.2, -0.15) is 0 Å². The molecule has 2 aromatic carbocycles. The Morgan fingerprint density at radius 2 is 1.66 bits per heavy atom. The second-order valence-electron chi connectivity index (χ2n) is 8.44. The molecule has 5 nitrogen and oxygen atoms in total. The predicted octanol–water partition coefficient (Wildman–Crippen LogP) is 6.14. The number of para-hydroxylation sites is 1. The van der Waals surface area contributed by atoms with Crippen molar-refractivity contribution < 1.29 is 14.0 Å². The second-order valence-corrected chi connectivity index (χ2v) is 8.87. The number of benzene rings is 2. The van der Waals surface area contributed by atoms with Gasteiger partial charge in [-0.15, -0.1) is 0 Å². The Labute approximate surface area is 193 Å². The van der Waals surface area contributed by atoms with Gasteiger partial charge in [0.25, 0.3) is 5.91 Å². The number of carbonyl (C=O) groups is 2. The van der Waals surface area contributed by atoms with Gasteiger partial charge in [0.1, 0.15) is 11.3 Å². The zero-order valence-corrected chi connectivity index (χ0v) is 19.1. The van der Waals surface area contributed by atoms with Crippen LogP contribution in [0.4, 0.5) is 5.69 Å². The van der Waals surface area contributed by atoms with Crippen LogP contribution in [0.1, 0.15) is 52.9 Å². The van der Waals surface area contributed by atoms with Crippen molar-refractivity contribution in [3.05, 3.63) is 88.3 Å². The van der Waals surface area contributed by atoms with Gasteiger partial charge in [-0.05, 0) is 74.2 Å². The van der Waals surface area contributed by atoms with E-state index in [1.807, 2.05) is 38.1 Å². The van der Waals surface area contributed by atoms with Gasteiger partial charge in [-0.1, -0.05) is 42.6 Å². The van der Waals surface area contributed by atoms with Gasteiger partial charge in [0.05, 0.1) is 12.8 Å². The van der Waals surface area contributed by atoms with Gasteiger partial charge in [0.15, 0.2) is 0 Å². The van der Waals surface area contributed by atoms with Crippen molar-refractivity contribution >= 4 is 29.1 Å². The van der Waals surface area contributed by atoms with E-state index in [0.717, 1.165) is 29.7 Å². The molecule has 166 valence electrons. The molecular weight excluding hydrogens is 424 g/mol. The summed E-state index contributed by atoms with van der Waals surface area (Å²) in [6, 6.07) is 16.3. The van der Waals surface area contributed by atoms with Crippen molar-refractivity contribution in [3.63, 3.8) is 0 Å². The molecule has 0 unspecified atom stereocenters. The Hall–Kier alpha value is -3.05.